The van der Waals surface area contributed by atoms with E-state index in [1.54, 1.807) is 0 Å². The Hall–Kier alpha value is 1.19. The minimum absolute atomic E-state index is 0. The average molecular weight is 274 g/mol. The summed E-state index contributed by atoms with van der Waals surface area (Å²) < 4.78 is 42.0. The summed E-state index contributed by atoms with van der Waals surface area (Å²) in [7, 11) is 0. The van der Waals surface area contributed by atoms with Crippen LogP contribution in [-0.2, 0) is 4.74 Å². The fourth-order valence-electron chi connectivity index (χ4n) is 1.97. The van der Waals surface area contributed by atoms with E-state index in [2.05, 4.69) is 20.4 Å². The number of hydrogen-bond donors (Lipinski definition) is 0. The van der Waals surface area contributed by atoms with Crippen LogP contribution in [0.2, 0.25) is 0 Å². The van der Waals surface area contributed by atoms with Gasteiger partial charge in [-0.25, -0.2) is 0 Å². The number of halogens is 3. The maximum atomic E-state index is 12.2. The van der Waals surface area contributed by atoms with Gasteiger partial charge in [-0.15, -0.1) is 12.1 Å². The van der Waals surface area contributed by atoms with Gasteiger partial charge in [0.15, 0.2) is 0 Å². The Morgan fingerprint density at radius 1 is 1.24 bits per heavy atom. The summed E-state index contributed by atoms with van der Waals surface area (Å²) in [6.07, 6.45) is 2.74. The van der Waals surface area contributed by atoms with Crippen molar-refractivity contribution in [2.75, 3.05) is 6.61 Å². The third kappa shape index (κ3) is 6.25. The second-order valence-electron chi connectivity index (χ2n) is 4.93. The molecule has 0 spiro atoms. The van der Waals surface area contributed by atoms with E-state index in [1.807, 2.05) is 0 Å². The molecule has 0 aliphatic heterocycles. The second kappa shape index (κ2) is 7.70. The molecule has 0 heterocycles. The van der Waals surface area contributed by atoms with Crippen LogP contribution in [0.3, 0.4) is 0 Å². The Bertz CT molecular complexity index is 258. The first-order chi connectivity index (χ1) is 7.30. The van der Waals surface area contributed by atoms with Gasteiger partial charge in [-0.3, -0.25) is 0 Å². The topological polar surface area (TPSA) is 9.23 Å². The first kappa shape index (κ1) is 18.2. The summed E-state index contributed by atoms with van der Waals surface area (Å²) in [5, 5.41) is 0. The van der Waals surface area contributed by atoms with Gasteiger partial charge in [0.2, 0.25) is 0 Å². The molecule has 0 radical (unpaired) electrons. The SMILES string of the molecule is C=C(COC1CCC(C)C(C)C1)[B-](F)(F)F.[K+]. The molecular weight excluding hydrogens is 255 g/mol. The molecule has 0 amide bonds. The Morgan fingerprint density at radius 2 is 1.82 bits per heavy atom. The number of ether oxygens (including phenoxy) is 1. The van der Waals surface area contributed by atoms with E-state index in [9.17, 15) is 12.9 Å². The largest absolute Gasteiger partial charge is 1.00 e. The molecule has 0 aromatic rings. The molecule has 6 heteroatoms. The molecule has 1 fully saturated rings. The molecule has 1 nitrogen and oxygen atoms in total. The van der Waals surface area contributed by atoms with Crippen LogP contribution in [0.15, 0.2) is 12.1 Å². The quantitative estimate of drug-likeness (QED) is 0.688. The zero-order valence-corrected chi connectivity index (χ0v) is 14.0. The Balaban J connectivity index is 0.00000256. The molecule has 0 saturated heterocycles. The molecule has 17 heavy (non-hydrogen) atoms. The Morgan fingerprint density at radius 3 is 2.29 bits per heavy atom. The Kier molecular flexibility index (Phi) is 8.24. The van der Waals surface area contributed by atoms with Crippen molar-refractivity contribution in [2.45, 2.75) is 39.2 Å². The van der Waals surface area contributed by atoms with E-state index in [0.29, 0.717) is 11.8 Å². The third-order valence-electron chi connectivity index (χ3n) is 3.52. The van der Waals surface area contributed by atoms with E-state index < -0.39 is 12.4 Å². The first-order valence-electron chi connectivity index (χ1n) is 5.80. The van der Waals surface area contributed by atoms with Crippen LogP contribution >= 0.6 is 0 Å². The van der Waals surface area contributed by atoms with E-state index in [0.717, 1.165) is 19.3 Å². The maximum absolute atomic E-state index is 12.2. The van der Waals surface area contributed by atoms with Crippen LogP contribution in [-0.4, -0.2) is 19.7 Å². The monoisotopic (exact) mass is 274 g/mol. The summed E-state index contributed by atoms with van der Waals surface area (Å²) in [4.78, 5) is 0. The standard InChI is InChI=1S/C11H19BF3O.K/c1-8-4-5-11(6-9(8)2)16-7-10(3)12(13,14)15;/h8-9,11H,3-7H2,1-2H3;/q-1;+1. The molecule has 3 unspecified atom stereocenters. The van der Waals surface area contributed by atoms with Crippen molar-refractivity contribution in [3.8, 4) is 0 Å². The molecule has 3 atom stereocenters. The molecule has 1 aliphatic rings. The van der Waals surface area contributed by atoms with Gasteiger partial charge < -0.3 is 17.7 Å². The van der Waals surface area contributed by atoms with Gasteiger partial charge in [0.1, 0.15) is 0 Å². The fraction of sp³-hybridized carbons (Fsp3) is 0.818. The zero-order valence-electron chi connectivity index (χ0n) is 10.9. The van der Waals surface area contributed by atoms with Crippen molar-refractivity contribution >= 4 is 6.98 Å². The maximum Gasteiger partial charge on any atom is 1.00 e. The van der Waals surface area contributed by atoms with Crippen molar-refractivity contribution in [3.63, 3.8) is 0 Å². The molecule has 1 saturated carbocycles. The van der Waals surface area contributed by atoms with E-state index >= 15 is 0 Å². The molecule has 0 N–H and O–H groups in total. The van der Waals surface area contributed by atoms with Gasteiger partial charge >= 0.3 is 58.4 Å². The van der Waals surface area contributed by atoms with Gasteiger partial charge in [-0.2, -0.15) is 0 Å². The average Bonchev–Trinajstić information content (AvgIpc) is 2.18. The van der Waals surface area contributed by atoms with Crippen molar-refractivity contribution in [1.29, 1.82) is 0 Å². The fourth-order valence-corrected chi connectivity index (χ4v) is 1.97. The predicted molar refractivity (Wildman–Crippen MR) is 60.1 cm³/mol. The van der Waals surface area contributed by atoms with E-state index in [1.165, 1.54) is 0 Å². The van der Waals surface area contributed by atoms with Crippen LogP contribution in [0.4, 0.5) is 12.9 Å². The minimum Gasteiger partial charge on any atom is -0.445 e. The van der Waals surface area contributed by atoms with Gasteiger partial charge in [-0.05, 0) is 31.1 Å². The van der Waals surface area contributed by atoms with Gasteiger partial charge in [0.25, 0.3) is 0 Å². The summed E-state index contributed by atoms with van der Waals surface area (Å²) in [5.74, 6) is 1.18. The molecule has 0 bridgehead atoms. The van der Waals surface area contributed by atoms with Crippen molar-refractivity contribution < 1.29 is 69.1 Å². The summed E-state index contributed by atoms with van der Waals surface area (Å²) in [6.45, 7) is 2.02. The minimum atomic E-state index is -4.94. The smallest absolute Gasteiger partial charge is 0.445 e. The van der Waals surface area contributed by atoms with Gasteiger partial charge in [-0.1, -0.05) is 13.8 Å². The van der Waals surface area contributed by atoms with Crippen molar-refractivity contribution in [1.82, 2.24) is 0 Å². The molecular formula is C11H19BF3KO. The predicted octanol–water partition coefficient (Wildman–Crippen LogP) is 0.774. The molecule has 1 rings (SSSR count). The first-order valence-corrected chi connectivity index (χ1v) is 5.80. The van der Waals surface area contributed by atoms with E-state index in [4.69, 9.17) is 4.74 Å². The van der Waals surface area contributed by atoms with Crippen LogP contribution in [0, 0.1) is 11.8 Å². The molecule has 0 aromatic heterocycles. The molecule has 0 aromatic carbocycles. The number of hydrogen-bond acceptors (Lipinski definition) is 1. The van der Waals surface area contributed by atoms with Crippen LogP contribution in [0.1, 0.15) is 33.1 Å². The Labute approximate surface area is 144 Å². The van der Waals surface area contributed by atoms with Crippen LogP contribution < -0.4 is 51.4 Å². The summed E-state index contributed by atoms with van der Waals surface area (Å²) in [6, 6.07) is 0. The molecule has 1 aliphatic carbocycles. The van der Waals surface area contributed by atoms with Crippen molar-refractivity contribution in [3.05, 3.63) is 12.1 Å². The summed E-state index contributed by atoms with van der Waals surface area (Å²) in [5.41, 5.74) is -0.730. The van der Waals surface area contributed by atoms with Crippen molar-refractivity contribution in [2.24, 2.45) is 11.8 Å². The summed E-state index contributed by atoms with van der Waals surface area (Å²) >= 11 is 0. The third-order valence-corrected chi connectivity index (χ3v) is 3.52. The van der Waals surface area contributed by atoms with Gasteiger partial charge in [0, 0.05) is 6.61 Å². The van der Waals surface area contributed by atoms with E-state index in [-0.39, 0.29) is 64.1 Å². The number of rotatable bonds is 4. The van der Waals surface area contributed by atoms with Gasteiger partial charge in [0.05, 0.1) is 6.10 Å². The normalized spacial score (nSPS) is 29.6. The second-order valence-corrected chi connectivity index (χ2v) is 4.93. The molecule has 94 valence electrons. The van der Waals surface area contributed by atoms with Crippen LogP contribution in [0.5, 0.6) is 0 Å². The zero-order chi connectivity index (χ0) is 12.3. The van der Waals surface area contributed by atoms with Crippen LogP contribution in [0.25, 0.3) is 0 Å².